The molecule has 1 N–H and O–H groups in total. The van der Waals surface area contributed by atoms with Crippen LogP contribution in [0.1, 0.15) is 69.3 Å². The smallest absolute Gasteiger partial charge is 0.123 e. The van der Waals surface area contributed by atoms with Gasteiger partial charge < -0.3 is 14.4 Å². The zero-order chi connectivity index (χ0) is 21.3. The van der Waals surface area contributed by atoms with Crippen molar-refractivity contribution < 1.29 is 9.84 Å². The minimum Gasteiger partial charge on any atom is -0.491 e. The van der Waals surface area contributed by atoms with E-state index in [0.29, 0.717) is 12.5 Å². The van der Waals surface area contributed by atoms with Gasteiger partial charge in [-0.1, -0.05) is 63.4 Å². The molecule has 0 bridgehead atoms. The number of benzene rings is 2. The Kier molecular flexibility index (Phi) is 7.33. The van der Waals surface area contributed by atoms with Crippen LogP contribution in [0.25, 0.3) is 11.0 Å². The monoisotopic (exact) mass is 442 g/mol. The number of hydrogen-bond acceptors (Lipinski definition) is 3. The summed E-state index contributed by atoms with van der Waals surface area (Å²) in [4.78, 5) is 4.93. The summed E-state index contributed by atoms with van der Waals surface area (Å²) < 4.78 is 8.34. The average Bonchev–Trinajstić information content (AvgIpc) is 3.35. The Bertz CT molecular complexity index is 1020. The second-order valence-electron chi connectivity index (χ2n) is 9.77. The third kappa shape index (κ3) is 5.24. The van der Waals surface area contributed by atoms with Crippen LogP contribution in [0.15, 0.2) is 42.5 Å². The van der Waals surface area contributed by atoms with Crippen molar-refractivity contribution in [1.29, 1.82) is 0 Å². The summed E-state index contributed by atoms with van der Waals surface area (Å²) in [6.07, 6.45) is 4.31. The number of halogens is 1. The van der Waals surface area contributed by atoms with E-state index in [1.165, 1.54) is 36.8 Å². The second kappa shape index (κ2) is 9.62. The number of aromatic nitrogens is 2. The van der Waals surface area contributed by atoms with Gasteiger partial charge in [0.25, 0.3) is 0 Å². The molecule has 1 fully saturated rings. The van der Waals surface area contributed by atoms with Crippen LogP contribution >= 0.6 is 12.4 Å². The second-order valence-corrected chi connectivity index (χ2v) is 9.77. The van der Waals surface area contributed by atoms with Gasteiger partial charge in [0.15, 0.2) is 0 Å². The van der Waals surface area contributed by atoms with Crippen LogP contribution in [0.4, 0.5) is 0 Å². The summed E-state index contributed by atoms with van der Waals surface area (Å²) in [7, 11) is 0. The van der Waals surface area contributed by atoms with Crippen LogP contribution in [0.5, 0.6) is 5.75 Å². The number of rotatable bonds is 6. The fraction of sp³-hybridized carbons (Fsp3) is 0.500. The number of imidazole rings is 1. The number of ether oxygens (including phenoxy) is 1. The first-order valence-electron chi connectivity index (χ1n) is 11.2. The number of fused-ring (bicyclic) bond motifs is 1. The van der Waals surface area contributed by atoms with Crippen molar-refractivity contribution in [2.75, 3.05) is 6.61 Å². The molecule has 1 aliphatic rings. The van der Waals surface area contributed by atoms with Gasteiger partial charge in [-0.25, -0.2) is 4.98 Å². The molecule has 1 heterocycles. The fourth-order valence-corrected chi connectivity index (χ4v) is 4.59. The molecule has 1 atom stereocenters. The zero-order valence-electron chi connectivity index (χ0n) is 19.1. The maximum atomic E-state index is 10.9. The molecule has 0 spiro atoms. The first-order chi connectivity index (χ1) is 14.3. The van der Waals surface area contributed by atoms with E-state index in [4.69, 9.17) is 9.72 Å². The molecule has 2 aromatic carbocycles. The quantitative estimate of drug-likeness (QED) is 0.497. The van der Waals surface area contributed by atoms with Crippen molar-refractivity contribution in [2.24, 2.45) is 0 Å². The van der Waals surface area contributed by atoms with Gasteiger partial charge in [0.1, 0.15) is 24.3 Å². The molecule has 31 heavy (non-hydrogen) atoms. The van der Waals surface area contributed by atoms with Crippen LogP contribution < -0.4 is 4.74 Å². The Hall–Kier alpha value is -2.04. The van der Waals surface area contributed by atoms with Gasteiger partial charge in [-0.05, 0) is 48.9 Å². The Labute approximate surface area is 192 Å². The molecule has 4 rings (SSSR count). The van der Waals surface area contributed by atoms with E-state index in [2.05, 4.69) is 56.5 Å². The lowest BCUT2D eigenvalue weighted by molar-refractivity contribution is 0.0914. The molecule has 0 saturated heterocycles. The number of aliphatic hydroxyl groups is 1. The topological polar surface area (TPSA) is 47.3 Å². The van der Waals surface area contributed by atoms with E-state index in [1.807, 2.05) is 18.2 Å². The Morgan fingerprint density at radius 1 is 1.13 bits per heavy atom. The number of aliphatic hydroxyl groups excluding tert-OH is 1. The summed E-state index contributed by atoms with van der Waals surface area (Å²) >= 11 is 0. The highest BCUT2D eigenvalue weighted by Gasteiger charge is 2.25. The predicted octanol–water partition coefficient (Wildman–Crippen LogP) is 6.16. The highest BCUT2D eigenvalue weighted by Crippen LogP contribution is 2.35. The predicted molar refractivity (Wildman–Crippen MR) is 130 cm³/mol. The van der Waals surface area contributed by atoms with Gasteiger partial charge in [0.2, 0.25) is 0 Å². The lowest BCUT2D eigenvalue weighted by Crippen LogP contribution is -2.26. The molecule has 1 aromatic heterocycles. The minimum atomic E-state index is -0.600. The molecular weight excluding hydrogens is 408 g/mol. The molecule has 168 valence electrons. The molecule has 0 radical (unpaired) electrons. The highest BCUT2D eigenvalue weighted by atomic mass is 35.5. The van der Waals surface area contributed by atoms with E-state index >= 15 is 0 Å². The Balaban J connectivity index is 0.00000272. The summed E-state index contributed by atoms with van der Waals surface area (Å²) in [6.45, 7) is 9.44. The molecule has 3 aromatic rings. The Morgan fingerprint density at radius 2 is 1.84 bits per heavy atom. The third-order valence-electron chi connectivity index (χ3n) is 6.17. The molecule has 1 saturated carbocycles. The van der Waals surface area contributed by atoms with Crippen molar-refractivity contribution in [2.45, 2.75) is 77.4 Å². The van der Waals surface area contributed by atoms with Crippen molar-refractivity contribution in [3.05, 3.63) is 59.4 Å². The van der Waals surface area contributed by atoms with Crippen molar-refractivity contribution >= 4 is 23.4 Å². The standard InChI is InChI=1S/C26H34N2O2.ClH/c1-18-13-14-24(21(15-18)26(2,3)4)30-17-20(29)16-28-23-12-8-7-11-22(23)27-25(28)19-9-5-6-10-19;/h7-8,11-15,19-20,29H,5-6,9-10,16-17H2,1-4H3;1H. The van der Waals surface area contributed by atoms with Crippen LogP contribution in [-0.2, 0) is 12.0 Å². The van der Waals surface area contributed by atoms with Gasteiger partial charge in [-0.15, -0.1) is 12.4 Å². The van der Waals surface area contributed by atoms with E-state index < -0.39 is 6.10 Å². The van der Waals surface area contributed by atoms with E-state index in [0.717, 1.165) is 22.6 Å². The molecule has 5 heteroatoms. The summed E-state index contributed by atoms with van der Waals surface area (Å²) in [5.74, 6) is 2.48. The van der Waals surface area contributed by atoms with Crippen molar-refractivity contribution in [3.63, 3.8) is 0 Å². The van der Waals surface area contributed by atoms with Crippen LogP contribution in [0.3, 0.4) is 0 Å². The highest BCUT2D eigenvalue weighted by molar-refractivity contribution is 5.85. The molecule has 0 aliphatic heterocycles. The number of nitrogens with zero attached hydrogens (tertiary/aromatic N) is 2. The fourth-order valence-electron chi connectivity index (χ4n) is 4.59. The molecule has 1 unspecified atom stereocenters. The number of hydrogen-bond donors (Lipinski definition) is 1. The van der Waals surface area contributed by atoms with Crippen molar-refractivity contribution in [1.82, 2.24) is 9.55 Å². The summed E-state index contributed by atoms with van der Waals surface area (Å²) in [6, 6.07) is 14.5. The van der Waals surface area contributed by atoms with Gasteiger partial charge >= 0.3 is 0 Å². The normalized spacial score (nSPS) is 15.8. The van der Waals surface area contributed by atoms with E-state index in [-0.39, 0.29) is 24.4 Å². The number of aryl methyl sites for hydroxylation is 1. The van der Waals surface area contributed by atoms with E-state index in [1.54, 1.807) is 0 Å². The van der Waals surface area contributed by atoms with Crippen LogP contribution in [0.2, 0.25) is 0 Å². The summed E-state index contributed by atoms with van der Waals surface area (Å²) in [5, 5.41) is 10.9. The molecule has 1 aliphatic carbocycles. The van der Waals surface area contributed by atoms with Crippen LogP contribution in [0, 0.1) is 6.92 Å². The SMILES string of the molecule is Cc1ccc(OCC(O)Cn2c(C3CCCC3)nc3ccccc32)c(C(C)(C)C)c1.Cl. The average molecular weight is 443 g/mol. The van der Waals surface area contributed by atoms with E-state index in [9.17, 15) is 5.11 Å². The van der Waals surface area contributed by atoms with Gasteiger partial charge in [0.05, 0.1) is 17.6 Å². The van der Waals surface area contributed by atoms with Gasteiger partial charge in [-0.2, -0.15) is 0 Å². The zero-order valence-corrected chi connectivity index (χ0v) is 19.9. The number of para-hydroxylation sites is 2. The Morgan fingerprint density at radius 3 is 2.55 bits per heavy atom. The van der Waals surface area contributed by atoms with Crippen molar-refractivity contribution in [3.8, 4) is 5.75 Å². The lowest BCUT2D eigenvalue weighted by Gasteiger charge is -2.24. The van der Waals surface area contributed by atoms with Gasteiger partial charge in [0, 0.05) is 5.92 Å². The first-order valence-corrected chi connectivity index (χ1v) is 11.2. The minimum absolute atomic E-state index is 0. The molecule has 4 nitrogen and oxygen atoms in total. The molecular formula is C26H35ClN2O2. The molecule has 0 amide bonds. The first kappa shape index (κ1) is 23.6. The maximum Gasteiger partial charge on any atom is 0.123 e. The van der Waals surface area contributed by atoms with Gasteiger partial charge in [-0.3, -0.25) is 0 Å². The lowest BCUT2D eigenvalue weighted by atomic mass is 9.85. The maximum absolute atomic E-state index is 10.9. The largest absolute Gasteiger partial charge is 0.491 e. The summed E-state index contributed by atoms with van der Waals surface area (Å²) in [5.41, 5.74) is 4.50. The third-order valence-corrected chi connectivity index (χ3v) is 6.17. The van der Waals surface area contributed by atoms with Crippen LogP contribution in [-0.4, -0.2) is 27.4 Å².